The van der Waals surface area contributed by atoms with E-state index >= 15 is 0 Å². The topological polar surface area (TPSA) is 116 Å². The van der Waals surface area contributed by atoms with Crippen molar-refractivity contribution in [2.24, 2.45) is 0 Å². The Bertz CT molecular complexity index is 1770. The normalized spacial score (nSPS) is 13.6. The van der Waals surface area contributed by atoms with E-state index in [2.05, 4.69) is 15.3 Å². The number of benzene rings is 2. The molecule has 11 nitrogen and oxygen atoms in total. The van der Waals surface area contributed by atoms with Crippen LogP contribution in [0.3, 0.4) is 0 Å². The molecule has 13 heteroatoms. The molecule has 0 saturated carbocycles. The monoisotopic (exact) mass is 603 g/mol. The SMILES string of the molecule is Cc1cc(Nc2nccn3c(-c4ccc(OCC#N)c(F)c4F)cnc23)ccc1C(=O)N1CCN(C(=O)C[N+](C)(C)C)CC1. The number of ether oxygens (including phenoxy) is 1. The number of carbonyl (C=O) groups is 2. The van der Waals surface area contributed by atoms with Gasteiger partial charge >= 0.3 is 0 Å². The number of aromatic nitrogens is 3. The second-order valence-corrected chi connectivity index (χ2v) is 11.6. The smallest absolute Gasteiger partial charge is 0.277 e. The van der Waals surface area contributed by atoms with Crippen molar-refractivity contribution in [2.75, 3.05) is 65.8 Å². The van der Waals surface area contributed by atoms with Crippen molar-refractivity contribution < 1.29 is 27.6 Å². The van der Waals surface area contributed by atoms with Gasteiger partial charge in [0.05, 0.1) is 33.0 Å². The molecule has 5 rings (SSSR count). The van der Waals surface area contributed by atoms with Crippen LogP contribution in [0, 0.1) is 29.9 Å². The van der Waals surface area contributed by atoms with E-state index in [0.717, 1.165) is 5.56 Å². The molecule has 0 radical (unpaired) electrons. The van der Waals surface area contributed by atoms with Gasteiger partial charge in [0.1, 0.15) is 6.07 Å². The van der Waals surface area contributed by atoms with Crippen molar-refractivity contribution in [2.45, 2.75) is 6.92 Å². The molecule has 228 valence electrons. The molecule has 0 aliphatic carbocycles. The van der Waals surface area contributed by atoms with E-state index < -0.39 is 18.2 Å². The molecule has 3 heterocycles. The van der Waals surface area contributed by atoms with E-state index in [0.29, 0.717) is 65.6 Å². The highest BCUT2D eigenvalue weighted by Crippen LogP contribution is 2.32. The first-order chi connectivity index (χ1) is 21.0. The highest BCUT2D eigenvalue weighted by atomic mass is 19.2. The first-order valence-electron chi connectivity index (χ1n) is 14.0. The summed E-state index contributed by atoms with van der Waals surface area (Å²) in [7, 11) is 5.92. The van der Waals surface area contributed by atoms with Gasteiger partial charge in [-0.2, -0.15) is 9.65 Å². The van der Waals surface area contributed by atoms with Crippen LogP contribution in [-0.2, 0) is 4.79 Å². The zero-order chi connectivity index (χ0) is 31.6. The number of anilines is 2. The summed E-state index contributed by atoms with van der Waals surface area (Å²) in [5, 5.41) is 11.9. The van der Waals surface area contributed by atoms with Gasteiger partial charge in [0, 0.05) is 55.4 Å². The molecule has 1 N–H and O–H groups in total. The lowest BCUT2D eigenvalue weighted by atomic mass is 10.1. The fourth-order valence-electron chi connectivity index (χ4n) is 5.11. The molecular weight excluding hydrogens is 570 g/mol. The van der Waals surface area contributed by atoms with E-state index in [-0.39, 0.29) is 23.1 Å². The van der Waals surface area contributed by atoms with Crippen molar-refractivity contribution in [1.29, 1.82) is 5.26 Å². The number of fused-ring (bicyclic) bond motifs is 1. The Hall–Kier alpha value is -5.09. The number of nitrogens with zero attached hydrogens (tertiary/aromatic N) is 7. The number of nitriles is 1. The van der Waals surface area contributed by atoms with Crippen LogP contribution in [0.25, 0.3) is 16.9 Å². The number of carbonyl (C=O) groups excluding carboxylic acids is 2. The maximum atomic E-state index is 15.0. The summed E-state index contributed by atoms with van der Waals surface area (Å²) in [4.78, 5) is 38.2. The molecule has 1 aliphatic rings. The highest BCUT2D eigenvalue weighted by molar-refractivity contribution is 5.96. The van der Waals surface area contributed by atoms with Crippen LogP contribution in [-0.4, -0.2) is 101 Å². The molecule has 0 atom stereocenters. The summed E-state index contributed by atoms with van der Waals surface area (Å²) in [6, 6.07) is 9.70. The number of hydrogen-bond donors (Lipinski definition) is 1. The van der Waals surface area contributed by atoms with Gasteiger partial charge in [-0.05, 0) is 42.8 Å². The maximum Gasteiger partial charge on any atom is 0.277 e. The first kappa shape index (κ1) is 30.4. The molecule has 1 aliphatic heterocycles. The van der Waals surface area contributed by atoms with Crippen molar-refractivity contribution in [1.82, 2.24) is 24.2 Å². The Kier molecular flexibility index (Phi) is 8.46. The quantitative estimate of drug-likeness (QED) is 0.306. The number of amides is 2. The third-order valence-corrected chi connectivity index (χ3v) is 7.29. The molecule has 2 aromatic carbocycles. The Labute approximate surface area is 253 Å². The molecule has 1 saturated heterocycles. The van der Waals surface area contributed by atoms with Crippen LogP contribution in [0.5, 0.6) is 5.75 Å². The minimum absolute atomic E-state index is 0.0336. The summed E-state index contributed by atoms with van der Waals surface area (Å²) >= 11 is 0. The average molecular weight is 604 g/mol. The minimum atomic E-state index is -1.19. The number of quaternary nitrogens is 1. The number of aryl methyl sites for hydroxylation is 1. The molecule has 0 bridgehead atoms. The predicted molar refractivity (Wildman–Crippen MR) is 159 cm³/mol. The van der Waals surface area contributed by atoms with Crippen LogP contribution in [0.15, 0.2) is 48.9 Å². The molecule has 1 fully saturated rings. The lowest BCUT2D eigenvalue weighted by molar-refractivity contribution is -0.862. The number of rotatable bonds is 8. The van der Waals surface area contributed by atoms with E-state index in [4.69, 9.17) is 10.00 Å². The number of nitrogens with one attached hydrogen (secondary N) is 1. The van der Waals surface area contributed by atoms with Crippen molar-refractivity contribution in [3.8, 4) is 23.1 Å². The van der Waals surface area contributed by atoms with Crippen LogP contribution in [0.2, 0.25) is 0 Å². The minimum Gasteiger partial charge on any atom is -0.476 e. The lowest BCUT2D eigenvalue weighted by Gasteiger charge is -2.36. The summed E-state index contributed by atoms with van der Waals surface area (Å²) in [5.74, 6) is -2.30. The van der Waals surface area contributed by atoms with Gasteiger partial charge in [0.25, 0.3) is 11.8 Å². The summed E-state index contributed by atoms with van der Waals surface area (Å²) in [6.07, 6.45) is 4.51. The fourth-order valence-corrected chi connectivity index (χ4v) is 5.11. The summed E-state index contributed by atoms with van der Waals surface area (Å²) in [6.45, 7) is 3.79. The van der Waals surface area contributed by atoms with Gasteiger partial charge in [-0.15, -0.1) is 0 Å². The van der Waals surface area contributed by atoms with E-state index in [1.54, 1.807) is 33.7 Å². The molecule has 2 aromatic heterocycles. The third kappa shape index (κ3) is 6.30. The second kappa shape index (κ2) is 12.3. The number of imidazole rings is 1. The molecule has 0 spiro atoms. The van der Waals surface area contributed by atoms with Gasteiger partial charge in [0.15, 0.2) is 36.2 Å². The van der Waals surface area contributed by atoms with Crippen LogP contribution in [0.4, 0.5) is 20.3 Å². The molecule has 2 amide bonds. The Morgan fingerprint density at radius 1 is 1.05 bits per heavy atom. The molecule has 0 unspecified atom stereocenters. The van der Waals surface area contributed by atoms with Gasteiger partial charge in [0.2, 0.25) is 5.82 Å². The number of piperazine rings is 1. The van der Waals surface area contributed by atoms with Gasteiger partial charge in [-0.1, -0.05) is 0 Å². The van der Waals surface area contributed by atoms with Gasteiger partial charge in [-0.3, -0.25) is 14.0 Å². The lowest BCUT2D eigenvalue weighted by Crippen LogP contribution is -2.54. The van der Waals surface area contributed by atoms with Crippen molar-refractivity contribution in [3.05, 3.63) is 71.7 Å². The standard InChI is InChI=1S/C31H32F2N8O3/c1-20-17-21(5-6-22(20)31(43)39-14-12-38(13-15-39)26(42)19-41(2,3)4)37-29-30-36-18-24(40(30)11-10-35-29)23-7-8-25(44-16-9-34)28(33)27(23)32/h5-8,10-11,17-18H,12-16,19H2,1-4H3/p+1. The zero-order valence-electron chi connectivity index (χ0n) is 25.0. The Morgan fingerprint density at radius 3 is 2.45 bits per heavy atom. The predicted octanol–water partition coefficient (Wildman–Crippen LogP) is 3.62. The zero-order valence-corrected chi connectivity index (χ0v) is 25.0. The van der Waals surface area contributed by atoms with Crippen molar-refractivity contribution >= 4 is 29.0 Å². The summed E-state index contributed by atoms with van der Waals surface area (Å²) < 4.78 is 36.6. The largest absolute Gasteiger partial charge is 0.476 e. The highest BCUT2D eigenvalue weighted by Gasteiger charge is 2.28. The third-order valence-electron chi connectivity index (χ3n) is 7.29. The van der Waals surface area contributed by atoms with E-state index in [1.165, 1.54) is 24.5 Å². The maximum absolute atomic E-state index is 15.0. The Balaban J connectivity index is 1.30. The Morgan fingerprint density at radius 2 is 1.77 bits per heavy atom. The van der Waals surface area contributed by atoms with Crippen LogP contribution >= 0.6 is 0 Å². The molecule has 44 heavy (non-hydrogen) atoms. The average Bonchev–Trinajstić information content (AvgIpc) is 3.42. The number of likely N-dealkylation sites (N-methyl/N-ethyl adjacent to an activating group) is 1. The number of hydrogen-bond acceptors (Lipinski definition) is 7. The van der Waals surface area contributed by atoms with Gasteiger partial charge in [-0.25, -0.2) is 14.4 Å². The van der Waals surface area contributed by atoms with Gasteiger partial charge < -0.3 is 24.3 Å². The van der Waals surface area contributed by atoms with Crippen LogP contribution in [0.1, 0.15) is 15.9 Å². The molecular formula is C31H33F2N8O3+. The first-order valence-corrected chi connectivity index (χ1v) is 14.0. The second-order valence-electron chi connectivity index (χ2n) is 11.6. The molecule has 4 aromatic rings. The fraction of sp³-hybridized carbons (Fsp3) is 0.323. The van der Waals surface area contributed by atoms with Crippen LogP contribution < -0.4 is 10.1 Å². The van der Waals surface area contributed by atoms with Crippen molar-refractivity contribution in [3.63, 3.8) is 0 Å². The summed E-state index contributed by atoms with van der Waals surface area (Å²) in [5.41, 5.74) is 2.63. The van der Waals surface area contributed by atoms with E-state index in [1.807, 2.05) is 39.0 Å². The van der Waals surface area contributed by atoms with E-state index in [9.17, 15) is 18.4 Å². The number of halogens is 2.